The van der Waals surface area contributed by atoms with E-state index in [9.17, 15) is 4.79 Å². The molecule has 0 radical (unpaired) electrons. The first-order valence-electron chi connectivity index (χ1n) is 12.0. The molecular formula is C30H31N3O2. The van der Waals surface area contributed by atoms with Crippen molar-refractivity contribution in [3.05, 3.63) is 106 Å². The van der Waals surface area contributed by atoms with Gasteiger partial charge in [-0.15, -0.1) is 0 Å². The number of nitrogens with zero attached hydrogens (tertiary/aromatic N) is 1. The molecule has 0 spiro atoms. The molecule has 0 fully saturated rings. The van der Waals surface area contributed by atoms with Crippen LogP contribution in [0.15, 0.2) is 84.0 Å². The second-order valence-corrected chi connectivity index (χ2v) is 8.28. The minimum Gasteiger partial charge on any atom is -0.496 e. The maximum absolute atomic E-state index is 11.4. The molecule has 0 saturated carbocycles. The Balaban J connectivity index is 0.00000141. The molecule has 0 amide bonds. The maximum atomic E-state index is 11.4. The second-order valence-electron chi connectivity index (χ2n) is 8.28. The Hall–Kier alpha value is -4.12. The van der Waals surface area contributed by atoms with E-state index in [2.05, 4.69) is 70.4 Å². The summed E-state index contributed by atoms with van der Waals surface area (Å²) in [6, 6.07) is 20.5. The number of hydrogen-bond donors (Lipinski definition) is 2. The molecule has 5 aromatic rings. The molecule has 0 aliphatic rings. The fraction of sp³-hybridized carbons (Fsp3) is 0.200. The van der Waals surface area contributed by atoms with Crippen LogP contribution in [0.5, 0.6) is 5.75 Å². The van der Waals surface area contributed by atoms with Crippen LogP contribution in [0.3, 0.4) is 0 Å². The van der Waals surface area contributed by atoms with E-state index in [-0.39, 0.29) is 5.56 Å². The molecule has 0 unspecified atom stereocenters. The maximum Gasteiger partial charge on any atom is 0.247 e. The minimum atomic E-state index is -0.119. The molecule has 3 aromatic heterocycles. The molecule has 0 atom stereocenters. The average Bonchev–Trinajstić information content (AvgIpc) is 3.33. The Morgan fingerprint density at radius 2 is 1.60 bits per heavy atom. The molecule has 0 aliphatic heterocycles. The Kier molecular flexibility index (Phi) is 7.46. The van der Waals surface area contributed by atoms with Crippen LogP contribution in [-0.2, 0) is 12.8 Å². The monoisotopic (exact) mass is 465 g/mol. The van der Waals surface area contributed by atoms with Gasteiger partial charge in [-0.2, -0.15) is 0 Å². The largest absolute Gasteiger partial charge is 0.496 e. The molecule has 5 rings (SSSR count). The van der Waals surface area contributed by atoms with Gasteiger partial charge >= 0.3 is 0 Å². The van der Waals surface area contributed by atoms with Crippen molar-refractivity contribution in [1.82, 2.24) is 15.0 Å². The number of nitrogens with one attached hydrogen (secondary N) is 2. The highest BCUT2D eigenvalue weighted by Gasteiger charge is 2.11. The average molecular weight is 466 g/mol. The Bertz CT molecular complexity index is 1460. The van der Waals surface area contributed by atoms with Crippen molar-refractivity contribution in [2.45, 2.75) is 33.6 Å². The summed E-state index contributed by atoms with van der Waals surface area (Å²) < 4.78 is 5.73. The summed E-state index contributed by atoms with van der Waals surface area (Å²) in [5.41, 5.74) is 8.47. The molecule has 5 nitrogen and oxygen atoms in total. The highest BCUT2D eigenvalue weighted by molar-refractivity contribution is 5.95. The predicted molar refractivity (Wildman–Crippen MR) is 144 cm³/mol. The molecule has 3 heterocycles. The van der Waals surface area contributed by atoms with E-state index in [0.29, 0.717) is 0 Å². The SMILES string of the molecule is CC.COc1cc(-c2cnc3[nH]cc(-c4ccc(=O)[nH]c4)c3c2)ccc1CCc1ccc(C)cc1. The third-order valence-electron chi connectivity index (χ3n) is 6.05. The van der Waals surface area contributed by atoms with Crippen LogP contribution in [0.2, 0.25) is 0 Å². The number of benzene rings is 2. The van der Waals surface area contributed by atoms with Crippen LogP contribution in [0.4, 0.5) is 0 Å². The van der Waals surface area contributed by atoms with Crippen molar-refractivity contribution in [3.63, 3.8) is 0 Å². The molecule has 2 N–H and O–H groups in total. The zero-order chi connectivity index (χ0) is 24.8. The molecule has 2 aromatic carbocycles. The van der Waals surface area contributed by atoms with Crippen molar-refractivity contribution in [3.8, 4) is 28.0 Å². The van der Waals surface area contributed by atoms with Crippen LogP contribution >= 0.6 is 0 Å². The van der Waals surface area contributed by atoms with Crippen molar-refractivity contribution in [2.24, 2.45) is 0 Å². The van der Waals surface area contributed by atoms with Gasteiger partial charge in [-0.05, 0) is 54.7 Å². The fourth-order valence-electron chi connectivity index (χ4n) is 4.14. The molecule has 5 heteroatoms. The summed E-state index contributed by atoms with van der Waals surface area (Å²) in [5.74, 6) is 0.884. The summed E-state index contributed by atoms with van der Waals surface area (Å²) >= 11 is 0. The second kappa shape index (κ2) is 10.9. The molecule has 0 saturated heterocycles. The molecule has 0 aliphatic carbocycles. The number of fused-ring (bicyclic) bond motifs is 1. The highest BCUT2D eigenvalue weighted by Crippen LogP contribution is 2.32. The quantitative estimate of drug-likeness (QED) is 0.293. The summed E-state index contributed by atoms with van der Waals surface area (Å²) in [6.45, 7) is 6.11. The molecule has 178 valence electrons. The van der Waals surface area contributed by atoms with Crippen LogP contribution in [0.25, 0.3) is 33.3 Å². The van der Waals surface area contributed by atoms with E-state index >= 15 is 0 Å². The van der Waals surface area contributed by atoms with Crippen LogP contribution in [0, 0.1) is 6.92 Å². The first kappa shape index (κ1) is 24.0. The summed E-state index contributed by atoms with van der Waals surface area (Å²) in [6.07, 6.45) is 7.40. The van der Waals surface area contributed by atoms with E-state index in [0.717, 1.165) is 51.9 Å². The fourth-order valence-corrected chi connectivity index (χ4v) is 4.14. The van der Waals surface area contributed by atoms with Gasteiger partial charge in [0, 0.05) is 46.7 Å². The number of methoxy groups -OCH3 is 1. The zero-order valence-corrected chi connectivity index (χ0v) is 20.7. The van der Waals surface area contributed by atoms with Crippen LogP contribution in [-0.4, -0.2) is 22.1 Å². The third-order valence-corrected chi connectivity index (χ3v) is 6.05. The van der Waals surface area contributed by atoms with E-state index in [4.69, 9.17) is 4.74 Å². The van der Waals surface area contributed by atoms with Gasteiger partial charge in [-0.25, -0.2) is 4.98 Å². The highest BCUT2D eigenvalue weighted by atomic mass is 16.5. The molecular weight excluding hydrogens is 434 g/mol. The Labute approximate surface area is 205 Å². The van der Waals surface area contributed by atoms with Crippen molar-refractivity contribution in [1.29, 1.82) is 0 Å². The number of aromatic amines is 2. The van der Waals surface area contributed by atoms with E-state index in [1.165, 1.54) is 22.8 Å². The molecule has 35 heavy (non-hydrogen) atoms. The number of H-pyrrole nitrogens is 2. The summed E-state index contributed by atoms with van der Waals surface area (Å²) in [7, 11) is 1.72. The zero-order valence-electron chi connectivity index (χ0n) is 20.7. The van der Waals surface area contributed by atoms with E-state index in [1.54, 1.807) is 13.3 Å². The predicted octanol–water partition coefficient (Wildman–Crippen LogP) is 6.71. The lowest BCUT2D eigenvalue weighted by Crippen LogP contribution is -2.01. The smallest absolute Gasteiger partial charge is 0.247 e. The lowest BCUT2D eigenvalue weighted by atomic mass is 9.98. The summed E-state index contributed by atoms with van der Waals surface area (Å²) in [5, 5.41) is 1.00. The number of pyridine rings is 2. The first-order chi connectivity index (χ1) is 17.1. The van der Waals surface area contributed by atoms with Crippen molar-refractivity contribution < 1.29 is 4.74 Å². The minimum absolute atomic E-state index is 0.119. The van der Waals surface area contributed by atoms with Gasteiger partial charge in [0.2, 0.25) is 5.56 Å². The van der Waals surface area contributed by atoms with Gasteiger partial charge in [-0.1, -0.05) is 55.8 Å². The van der Waals surface area contributed by atoms with Gasteiger partial charge in [0.25, 0.3) is 0 Å². The van der Waals surface area contributed by atoms with Gasteiger partial charge in [0.05, 0.1) is 7.11 Å². The normalized spacial score (nSPS) is 10.6. The lowest BCUT2D eigenvalue weighted by Gasteiger charge is -2.11. The van der Waals surface area contributed by atoms with Gasteiger partial charge in [-0.3, -0.25) is 4.79 Å². The van der Waals surface area contributed by atoms with E-state index < -0.39 is 0 Å². The number of aromatic nitrogens is 3. The third kappa shape index (κ3) is 5.35. The van der Waals surface area contributed by atoms with Gasteiger partial charge in [0.1, 0.15) is 11.4 Å². The number of aryl methyl sites for hydroxylation is 3. The van der Waals surface area contributed by atoms with Crippen LogP contribution in [0.1, 0.15) is 30.5 Å². The van der Waals surface area contributed by atoms with E-state index in [1.807, 2.05) is 32.3 Å². The van der Waals surface area contributed by atoms with Crippen molar-refractivity contribution in [2.75, 3.05) is 7.11 Å². The Morgan fingerprint density at radius 3 is 2.31 bits per heavy atom. The summed E-state index contributed by atoms with van der Waals surface area (Å²) in [4.78, 5) is 22.0. The van der Waals surface area contributed by atoms with Crippen molar-refractivity contribution >= 4 is 11.0 Å². The van der Waals surface area contributed by atoms with Gasteiger partial charge in [0.15, 0.2) is 0 Å². The number of rotatable bonds is 6. The van der Waals surface area contributed by atoms with Crippen LogP contribution < -0.4 is 10.3 Å². The topological polar surface area (TPSA) is 70.8 Å². The standard InChI is InChI=1S/C28H25N3O2.C2H6/c1-18-3-5-19(6-4-18)7-8-20-9-10-21(14-26(20)33-2)23-13-24-25(17-31-28(24)30-16-23)22-11-12-27(32)29-15-22;1-2/h3-6,9-17H,7-8H2,1-2H3,(H,29,32)(H,30,31);1-2H3. The Morgan fingerprint density at radius 1 is 0.829 bits per heavy atom. The number of ether oxygens (including phenoxy) is 1. The molecule has 0 bridgehead atoms. The van der Waals surface area contributed by atoms with Gasteiger partial charge < -0.3 is 14.7 Å². The number of hydrogen-bond acceptors (Lipinski definition) is 3. The first-order valence-corrected chi connectivity index (χ1v) is 12.0. The lowest BCUT2D eigenvalue weighted by molar-refractivity contribution is 0.410.